The highest BCUT2D eigenvalue weighted by Gasteiger charge is 2.29. The standard InChI is InChI=1S/C17H37NO5Si3/c1-11-20-17(19)18-14-12-13-15(21-24(2,3)4)16(22-25(5,6)7)23-26(8,9)10/h11H,1,12-14H2,2-10H3,(H,18,19). The first-order valence-electron chi connectivity index (χ1n) is 8.98. The largest absolute Gasteiger partial charge is 0.542 e. The third-order valence-corrected chi connectivity index (χ3v) is 4.95. The fourth-order valence-corrected chi connectivity index (χ4v) is 4.24. The van der Waals surface area contributed by atoms with Gasteiger partial charge in [-0.15, -0.1) is 0 Å². The van der Waals surface area contributed by atoms with Gasteiger partial charge in [-0.2, -0.15) is 0 Å². The van der Waals surface area contributed by atoms with E-state index in [0.717, 1.165) is 12.0 Å². The van der Waals surface area contributed by atoms with Gasteiger partial charge in [-0.05, 0) is 65.3 Å². The first kappa shape index (κ1) is 24.8. The molecule has 0 aromatic carbocycles. The molecule has 0 spiro atoms. The van der Waals surface area contributed by atoms with Crippen LogP contribution in [0.1, 0.15) is 12.8 Å². The number of ether oxygens (including phenoxy) is 1. The van der Waals surface area contributed by atoms with Gasteiger partial charge in [-0.3, -0.25) is 0 Å². The molecule has 1 amide bonds. The molecule has 0 heterocycles. The van der Waals surface area contributed by atoms with Gasteiger partial charge in [0.05, 0.1) is 6.26 Å². The second-order valence-corrected chi connectivity index (χ2v) is 22.2. The molecule has 0 unspecified atom stereocenters. The Morgan fingerprint density at radius 2 is 1.35 bits per heavy atom. The number of carbonyl (C=O) groups is 1. The van der Waals surface area contributed by atoms with E-state index in [4.69, 9.17) is 13.3 Å². The average Bonchev–Trinajstić information content (AvgIpc) is 2.37. The lowest BCUT2D eigenvalue weighted by atomic mass is 10.3. The van der Waals surface area contributed by atoms with Gasteiger partial charge >= 0.3 is 6.09 Å². The van der Waals surface area contributed by atoms with Crippen LogP contribution in [0.25, 0.3) is 0 Å². The zero-order valence-corrected chi connectivity index (χ0v) is 20.9. The van der Waals surface area contributed by atoms with Crippen LogP contribution in [0.3, 0.4) is 0 Å². The molecule has 1 N–H and O–H groups in total. The number of allylic oxidation sites excluding steroid dienone is 1. The van der Waals surface area contributed by atoms with Crippen molar-refractivity contribution in [3.63, 3.8) is 0 Å². The van der Waals surface area contributed by atoms with Crippen LogP contribution in [-0.2, 0) is 18.0 Å². The zero-order valence-electron chi connectivity index (χ0n) is 17.9. The highest BCUT2D eigenvalue weighted by molar-refractivity contribution is 6.71. The predicted octanol–water partition coefficient (Wildman–Crippen LogP) is 5.36. The van der Waals surface area contributed by atoms with Crippen LogP contribution >= 0.6 is 0 Å². The second kappa shape index (κ2) is 10.2. The normalized spacial score (nSPS) is 12.0. The van der Waals surface area contributed by atoms with Crippen molar-refractivity contribution in [3.8, 4) is 0 Å². The summed E-state index contributed by atoms with van der Waals surface area (Å²) < 4.78 is 23.4. The monoisotopic (exact) mass is 419 g/mol. The van der Waals surface area contributed by atoms with Crippen molar-refractivity contribution in [2.45, 2.75) is 71.8 Å². The zero-order chi connectivity index (χ0) is 20.6. The quantitative estimate of drug-likeness (QED) is 0.277. The van der Waals surface area contributed by atoms with E-state index in [2.05, 4.69) is 75.6 Å². The molecule has 0 aliphatic heterocycles. The Bertz CT molecular complexity index is 484. The van der Waals surface area contributed by atoms with Gasteiger partial charge in [0.2, 0.25) is 25.0 Å². The maximum atomic E-state index is 11.3. The van der Waals surface area contributed by atoms with Crippen molar-refractivity contribution < 1.29 is 22.8 Å². The van der Waals surface area contributed by atoms with Crippen LogP contribution in [0.2, 0.25) is 58.9 Å². The number of amides is 1. The topological polar surface area (TPSA) is 66.0 Å². The Kier molecular flexibility index (Phi) is 9.75. The second-order valence-electron chi connectivity index (χ2n) is 8.96. The van der Waals surface area contributed by atoms with Crippen LogP contribution in [0.4, 0.5) is 4.79 Å². The summed E-state index contributed by atoms with van der Waals surface area (Å²) in [7, 11) is -5.56. The number of hydrogen-bond acceptors (Lipinski definition) is 5. The Labute approximate surface area is 162 Å². The maximum absolute atomic E-state index is 11.3. The van der Waals surface area contributed by atoms with E-state index >= 15 is 0 Å². The van der Waals surface area contributed by atoms with E-state index in [0.29, 0.717) is 25.3 Å². The average molecular weight is 420 g/mol. The summed E-state index contributed by atoms with van der Waals surface area (Å²) in [6, 6.07) is 0. The summed E-state index contributed by atoms with van der Waals surface area (Å²) in [5.41, 5.74) is 0. The molecule has 0 bridgehead atoms. The van der Waals surface area contributed by atoms with Gasteiger partial charge in [-0.1, -0.05) is 6.58 Å². The molecule has 0 rings (SSSR count). The molecule has 0 fully saturated rings. The number of alkyl carbamates (subject to hydrolysis) is 1. The summed E-state index contributed by atoms with van der Waals surface area (Å²) in [5.74, 6) is 1.30. The number of carbonyl (C=O) groups excluding carboxylic acids is 1. The lowest BCUT2D eigenvalue weighted by Crippen LogP contribution is -2.34. The smallest absolute Gasteiger partial charge is 0.411 e. The summed E-state index contributed by atoms with van der Waals surface area (Å²) in [4.78, 5) is 11.3. The minimum Gasteiger partial charge on any atom is -0.542 e. The third kappa shape index (κ3) is 14.0. The minimum atomic E-state index is -1.86. The van der Waals surface area contributed by atoms with Crippen LogP contribution in [0, 0.1) is 0 Å². The molecular weight excluding hydrogens is 382 g/mol. The molecule has 0 aliphatic rings. The summed E-state index contributed by atoms with van der Waals surface area (Å²) >= 11 is 0. The van der Waals surface area contributed by atoms with Gasteiger partial charge in [0.1, 0.15) is 0 Å². The van der Waals surface area contributed by atoms with Crippen molar-refractivity contribution in [2.75, 3.05) is 6.54 Å². The van der Waals surface area contributed by atoms with E-state index in [-0.39, 0.29) is 0 Å². The Morgan fingerprint density at radius 3 is 1.73 bits per heavy atom. The summed E-state index contributed by atoms with van der Waals surface area (Å²) in [6.45, 7) is 23.0. The first-order valence-corrected chi connectivity index (χ1v) is 19.2. The highest BCUT2D eigenvalue weighted by Crippen LogP contribution is 2.26. The third-order valence-electron chi connectivity index (χ3n) is 2.50. The van der Waals surface area contributed by atoms with Crippen LogP contribution < -0.4 is 5.32 Å². The van der Waals surface area contributed by atoms with Crippen LogP contribution in [0.5, 0.6) is 0 Å². The van der Waals surface area contributed by atoms with Crippen molar-refractivity contribution >= 4 is 31.0 Å². The van der Waals surface area contributed by atoms with Crippen molar-refractivity contribution in [3.05, 3.63) is 24.5 Å². The van der Waals surface area contributed by atoms with Crippen LogP contribution in [0.15, 0.2) is 24.5 Å². The Hall–Kier alpha value is -1.20. The SMILES string of the molecule is C=COC(=O)NCCCC(O[Si](C)(C)C)=C(O[Si](C)(C)C)O[Si](C)(C)C. The maximum Gasteiger partial charge on any atom is 0.411 e. The summed E-state index contributed by atoms with van der Waals surface area (Å²) in [5, 5.41) is 2.67. The molecule has 26 heavy (non-hydrogen) atoms. The van der Waals surface area contributed by atoms with E-state index in [1.54, 1.807) is 0 Å². The van der Waals surface area contributed by atoms with Gasteiger partial charge in [0, 0.05) is 13.0 Å². The van der Waals surface area contributed by atoms with E-state index in [9.17, 15) is 4.79 Å². The molecule has 0 aromatic heterocycles. The number of rotatable bonds is 11. The molecule has 6 nitrogen and oxygen atoms in total. The van der Waals surface area contributed by atoms with Crippen molar-refractivity contribution in [1.82, 2.24) is 5.32 Å². The molecule has 9 heteroatoms. The molecule has 152 valence electrons. The van der Waals surface area contributed by atoms with E-state index in [1.807, 2.05) is 0 Å². The van der Waals surface area contributed by atoms with Gasteiger partial charge in [0.15, 0.2) is 5.76 Å². The van der Waals surface area contributed by atoms with Gasteiger partial charge in [-0.25, -0.2) is 4.79 Å². The highest BCUT2D eigenvalue weighted by atomic mass is 28.4. The van der Waals surface area contributed by atoms with Crippen molar-refractivity contribution in [1.29, 1.82) is 0 Å². The molecule has 0 radical (unpaired) electrons. The lowest BCUT2D eigenvalue weighted by Gasteiger charge is -2.31. The Morgan fingerprint density at radius 1 is 0.885 bits per heavy atom. The fraction of sp³-hybridized carbons (Fsp3) is 0.706. The molecule has 0 aromatic rings. The molecular formula is C17H37NO5Si3. The lowest BCUT2D eigenvalue weighted by molar-refractivity contribution is 0.178. The molecule has 0 aliphatic carbocycles. The molecule has 0 atom stereocenters. The summed E-state index contributed by atoms with van der Waals surface area (Å²) in [6.07, 6.45) is 1.92. The van der Waals surface area contributed by atoms with Gasteiger partial charge in [0.25, 0.3) is 5.95 Å². The predicted molar refractivity (Wildman–Crippen MR) is 114 cm³/mol. The molecule has 0 saturated heterocycles. The van der Waals surface area contributed by atoms with E-state index < -0.39 is 31.0 Å². The van der Waals surface area contributed by atoms with E-state index in [1.165, 1.54) is 0 Å². The molecule has 0 saturated carbocycles. The van der Waals surface area contributed by atoms with Gasteiger partial charge < -0.3 is 23.3 Å². The van der Waals surface area contributed by atoms with Crippen LogP contribution in [-0.4, -0.2) is 37.6 Å². The number of nitrogens with one attached hydrogen (secondary N) is 1. The first-order chi connectivity index (χ1) is 11.6. The fourth-order valence-electron chi connectivity index (χ4n) is 1.81. The van der Waals surface area contributed by atoms with Crippen molar-refractivity contribution in [2.24, 2.45) is 0 Å². The Balaban J connectivity index is 5.34. The number of hydrogen-bond donors (Lipinski definition) is 1. The minimum absolute atomic E-state index is 0.471.